The monoisotopic (exact) mass is 359 g/mol. The van der Waals surface area contributed by atoms with Crippen LogP contribution < -0.4 is 0 Å². The fourth-order valence-electron chi connectivity index (χ4n) is 3.66. The number of hydrogen-bond donors (Lipinski definition) is 2. The third kappa shape index (κ3) is 3.55. The van der Waals surface area contributed by atoms with E-state index in [1.54, 1.807) is 12.3 Å². The lowest BCUT2D eigenvalue weighted by atomic mass is 9.85. The summed E-state index contributed by atoms with van der Waals surface area (Å²) in [6.07, 6.45) is 9.92. The van der Waals surface area contributed by atoms with Crippen molar-refractivity contribution in [2.75, 3.05) is 6.26 Å². The molecule has 0 radical (unpaired) electrons. The van der Waals surface area contributed by atoms with E-state index in [4.69, 9.17) is 4.78 Å². The SMILES string of the molecule is C=Cc1c(-c2cncc([S@@](C)(=N)=O)c2)cc([C@H]2CC[C@H](O)CC2)n1C. The number of nitrogens with one attached hydrogen (secondary N) is 1. The zero-order valence-corrected chi connectivity index (χ0v) is 15.6. The van der Waals surface area contributed by atoms with Gasteiger partial charge in [-0.1, -0.05) is 6.58 Å². The molecule has 3 rings (SSSR count). The number of aliphatic hydroxyl groups excluding tert-OH is 1. The molecule has 2 aromatic rings. The maximum atomic E-state index is 12.1. The lowest BCUT2D eigenvalue weighted by Crippen LogP contribution is -2.18. The highest BCUT2D eigenvalue weighted by Crippen LogP contribution is 2.38. The van der Waals surface area contributed by atoms with Gasteiger partial charge in [-0.2, -0.15) is 0 Å². The molecule has 0 saturated heterocycles. The van der Waals surface area contributed by atoms with Gasteiger partial charge in [-0.05, 0) is 49.8 Å². The van der Waals surface area contributed by atoms with E-state index in [-0.39, 0.29) is 6.10 Å². The zero-order valence-electron chi connectivity index (χ0n) is 14.7. The molecule has 5 nitrogen and oxygen atoms in total. The molecule has 2 N–H and O–H groups in total. The number of aromatic nitrogens is 2. The molecule has 0 aliphatic heterocycles. The fraction of sp³-hybridized carbons (Fsp3) is 0.421. The van der Waals surface area contributed by atoms with Gasteiger partial charge in [0.05, 0.1) is 20.7 Å². The van der Waals surface area contributed by atoms with E-state index in [2.05, 4.69) is 22.2 Å². The molecule has 0 spiro atoms. The summed E-state index contributed by atoms with van der Waals surface area (Å²) in [6, 6.07) is 3.95. The van der Waals surface area contributed by atoms with Crippen molar-refractivity contribution in [3.8, 4) is 11.1 Å². The normalized spacial score (nSPS) is 23.2. The Labute approximate surface area is 149 Å². The standard InChI is InChI=1S/C19H25N3O2S/c1-4-18-17(14-9-16(12-21-11-14)25(3,20)24)10-19(22(18)2)13-5-7-15(23)8-6-13/h4,9-13,15,20,23H,1,5-8H2,2-3H3/t13-,15-,25-/m0/s1. The van der Waals surface area contributed by atoms with Crippen LogP contribution in [0, 0.1) is 4.78 Å². The Morgan fingerprint density at radius 1 is 1.32 bits per heavy atom. The molecule has 0 aromatic carbocycles. The highest BCUT2D eigenvalue weighted by atomic mass is 32.2. The van der Waals surface area contributed by atoms with Gasteiger partial charge in [0, 0.05) is 48.2 Å². The van der Waals surface area contributed by atoms with Crippen LogP contribution in [0.2, 0.25) is 0 Å². The van der Waals surface area contributed by atoms with Crippen LogP contribution in [0.1, 0.15) is 43.0 Å². The van der Waals surface area contributed by atoms with Crippen molar-refractivity contribution in [3.05, 3.63) is 42.5 Å². The second-order valence-corrected chi connectivity index (χ2v) is 9.05. The van der Waals surface area contributed by atoms with Crippen LogP contribution in [0.4, 0.5) is 0 Å². The quantitative estimate of drug-likeness (QED) is 0.872. The van der Waals surface area contributed by atoms with Crippen molar-refractivity contribution in [2.24, 2.45) is 7.05 Å². The first-order chi connectivity index (χ1) is 11.8. The number of hydrogen-bond acceptors (Lipinski definition) is 4. The first kappa shape index (κ1) is 17.9. The van der Waals surface area contributed by atoms with Crippen molar-refractivity contribution >= 4 is 15.8 Å². The van der Waals surface area contributed by atoms with Crippen molar-refractivity contribution < 1.29 is 9.32 Å². The van der Waals surface area contributed by atoms with Crippen LogP contribution in [-0.2, 0) is 16.8 Å². The van der Waals surface area contributed by atoms with Gasteiger partial charge >= 0.3 is 0 Å². The third-order valence-electron chi connectivity index (χ3n) is 5.10. The van der Waals surface area contributed by atoms with Gasteiger partial charge in [0.2, 0.25) is 0 Å². The average molecular weight is 359 g/mol. The fourth-order valence-corrected chi connectivity index (χ4v) is 4.27. The Hall–Kier alpha value is -1.92. The Morgan fingerprint density at radius 3 is 2.60 bits per heavy atom. The molecule has 6 heteroatoms. The number of pyridine rings is 1. The molecule has 134 valence electrons. The minimum Gasteiger partial charge on any atom is -0.393 e. The lowest BCUT2D eigenvalue weighted by Gasteiger charge is -2.26. The van der Waals surface area contributed by atoms with E-state index in [0.717, 1.165) is 42.5 Å². The summed E-state index contributed by atoms with van der Waals surface area (Å²) in [4.78, 5) is 4.62. The molecular weight excluding hydrogens is 334 g/mol. The molecule has 2 heterocycles. The van der Waals surface area contributed by atoms with Crippen LogP contribution in [0.5, 0.6) is 0 Å². The van der Waals surface area contributed by atoms with E-state index in [1.165, 1.54) is 18.1 Å². The van der Waals surface area contributed by atoms with Gasteiger partial charge in [0.25, 0.3) is 0 Å². The zero-order chi connectivity index (χ0) is 18.2. The minimum atomic E-state index is -2.81. The topological polar surface area (TPSA) is 79.0 Å². The van der Waals surface area contributed by atoms with Gasteiger partial charge in [0.15, 0.2) is 0 Å². The van der Waals surface area contributed by atoms with Gasteiger partial charge in [0.1, 0.15) is 0 Å². The van der Waals surface area contributed by atoms with Gasteiger partial charge in [-0.3, -0.25) is 4.98 Å². The first-order valence-electron chi connectivity index (χ1n) is 8.50. The van der Waals surface area contributed by atoms with Crippen LogP contribution in [-0.4, -0.2) is 31.2 Å². The molecule has 1 saturated carbocycles. The Balaban J connectivity index is 2.05. The molecule has 2 aromatic heterocycles. The van der Waals surface area contributed by atoms with Crippen LogP contribution >= 0.6 is 0 Å². The highest BCUT2D eigenvalue weighted by Gasteiger charge is 2.25. The molecule has 1 aliphatic rings. The molecule has 0 bridgehead atoms. The predicted octanol–water partition coefficient (Wildman–Crippen LogP) is 3.78. The van der Waals surface area contributed by atoms with Gasteiger partial charge < -0.3 is 9.67 Å². The molecule has 0 amide bonds. The third-order valence-corrected chi connectivity index (χ3v) is 6.22. The first-order valence-corrected chi connectivity index (χ1v) is 10.5. The average Bonchev–Trinajstić information content (AvgIpc) is 2.91. The Kier molecular flexibility index (Phi) is 4.84. The molecule has 1 atom stereocenters. The van der Waals surface area contributed by atoms with Crippen molar-refractivity contribution in [3.63, 3.8) is 0 Å². The van der Waals surface area contributed by atoms with Gasteiger partial charge in [-0.25, -0.2) is 8.99 Å². The summed E-state index contributed by atoms with van der Waals surface area (Å²) in [5, 5.41) is 9.76. The van der Waals surface area contributed by atoms with Crippen LogP contribution in [0.3, 0.4) is 0 Å². The smallest absolute Gasteiger partial charge is 0.0712 e. The van der Waals surface area contributed by atoms with E-state index in [0.29, 0.717) is 10.8 Å². The minimum absolute atomic E-state index is 0.175. The molecule has 1 fully saturated rings. The van der Waals surface area contributed by atoms with E-state index in [1.807, 2.05) is 13.1 Å². The number of aliphatic hydroxyl groups is 1. The predicted molar refractivity (Wildman–Crippen MR) is 101 cm³/mol. The van der Waals surface area contributed by atoms with Crippen LogP contribution in [0.15, 0.2) is 36.0 Å². The molecular formula is C19H25N3O2S. The largest absolute Gasteiger partial charge is 0.393 e. The lowest BCUT2D eigenvalue weighted by molar-refractivity contribution is 0.121. The molecule has 0 unspecified atom stereocenters. The summed E-state index contributed by atoms with van der Waals surface area (Å²) in [5.41, 5.74) is 4.07. The van der Waals surface area contributed by atoms with Gasteiger partial charge in [-0.15, -0.1) is 0 Å². The summed E-state index contributed by atoms with van der Waals surface area (Å²) in [7, 11) is -0.772. The van der Waals surface area contributed by atoms with Crippen molar-refractivity contribution in [2.45, 2.75) is 42.6 Å². The van der Waals surface area contributed by atoms with Crippen LogP contribution in [0.25, 0.3) is 17.2 Å². The van der Waals surface area contributed by atoms with E-state index in [9.17, 15) is 9.32 Å². The number of rotatable bonds is 4. The number of nitrogens with zero attached hydrogens (tertiary/aromatic N) is 2. The summed E-state index contributed by atoms with van der Waals surface area (Å²) in [6.45, 7) is 3.94. The summed E-state index contributed by atoms with van der Waals surface area (Å²) >= 11 is 0. The maximum absolute atomic E-state index is 12.1. The highest BCUT2D eigenvalue weighted by molar-refractivity contribution is 7.91. The molecule has 1 aliphatic carbocycles. The Morgan fingerprint density at radius 2 is 2.00 bits per heavy atom. The van der Waals surface area contributed by atoms with Crippen molar-refractivity contribution in [1.82, 2.24) is 9.55 Å². The van der Waals surface area contributed by atoms with Crippen molar-refractivity contribution in [1.29, 1.82) is 4.78 Å². The van der Waals surface area contributed by atoms with E-state index < -0.39 is 9.73 Å². The molecule has 25 heavy (non-hydrogen) atoms. The summed E-state index contributed by atoms with van der Waals surface area (Å²) < 4.78 is 22.0. The Bertz CT molecular complexity index is 891. The van der Waals surface area contributed by atoms with E-state index >= 15 is 0 Å². The maximum Gasteiger partial charge on any atom is 0.0712 e. The summed E-state index contributed by atoms with van der Waals surface area (Å²) in [5.74, 6) is 0.420. The second-order valence-electron chi connectivity index (χ2n) is 6.89. The second kappa shape index (κ2) is 6.77.